The Kier molecular flexibility index (Phi) is 3.25. The summed E-state index contributed by atoms with van der Waals surface area (Å²) in [6, 6.07) is 2.10. The minimum Gasteiger partial charge on any atom is -0.368 e. The lowest BCUT2D eigenvalue weighted by Gasteiger charge is -2.40. The van der Waals surface area contributed by atoms with Crippen LogP contribution in [0.1, 0.15) is 60.8 Å². The largest absolute Gasteiger partial charge is 0.368 e. The van der Waals surface area contributed by atoms with E-state index in [2.05, 4.69) is 31.2 Å². The molecule has 1 N–H and O–H groups in total. The maximum Gasteiger partial charge on any atom is 0.254 e. The number of aryl methyl sites for hydroxylation is 1. The van der Waals surface area contributed by atoms with E-state index in [-0.39, 0.29) is 11.0 Å². The minimum absolute atomic E-state index is 0.0514. The molecular weight excluding hydrogens is 354 g/mol. The van der Waals surface area contributed by atoms with Gasteiger partial charge in [-0.3, -0.25) is 4.79 Å². The Morgan fingerprint density at radius 2 is 2.04 bits per heavy atom. The molecule has 1 saturated heterocycles. The number of fused-ring (bicyclic) bond motifs is 3. The summed E-state index contributed by atoms with van der Waals surface area (Å²) in [5.41, 5.74) is 5.02. The molecule has 3 aliphatic rings. The fraction of sp³-hybridized carbons (Fsp3) is 0.550. The van der Waals surface area contributed by atoms with Gasteiger partial charge in [0.15, 0.2) is 0 Å². The van der Waals surface area contributed by atoms with Crippen LogP contribution in [0.2, 0.25) is 0 Å². The van der Waals surface area contributed by atoms with Crippen LogP contribution in [0, 0.1) is 6.92 Å². The molecule has 0 aromatic carbocycles. The number of aromatic amines is 1. The highest BCUT2D eigenvalue weighted by molar-refractivity contribution is 5.68. The molecule has 0 atom stereocenters. The number of H-pyrrole nitrogens is 1. The Labute approximate surface area is 162 Å². The number of aromatic nitrogens is 6. The smallest absolute Gasteiger partial charge is 0.254 e. The van der Waals surface area contributed by atoms with Crippen molar-refractivity contribution in [1.29, 1.82) is 0 Å². The molecule has 0 bridgehead atoms. The highest BCUT2D eigenvalue weighted by Gasteiger charge is 2.45. The van der Waals surface area contributed by atoms with Crippen molar-refractivity contribution in [2.24, 2.45) is 0 Å². The van der Waals surface area contributed by atoms with Crippen molar-refractivity contribution in [1.82, 2.24) is 29.8 Å². The van der Waals surface area contributed by atoms with Crippen LogP contribution in [0.4, 0.5) is 5.69 Å². The van der Waals surface area contributed by atoms with Crippen LogP contribution in [0.15, 0.2) is 17.2 Å². The van der Waals surface area contributed by atoms with Gasteiger partial charge in [-0.2, -0.15) is 9.61 Å². The van der Waals surface area contributed by atoms with Crippen LogP contribution < -0.4 is 10.5 Å². The molecule has 8 heteroatoms. The van der Waals surface area contributed by atoms with Gasteiger partial charge in [0.1, 0.15) is 12.2 Å². The first kappa shape index (κ1) is 16.2. The normalized spacial score (nSPS) is 20.8. The van der Waals surface area contributed by atoms with E-state index in [4.69, 9.17) is 4.98 Å². The number of nitrogens with one attached hydrogen (secondary N) is 1. The zero-order valence-corrected chi connectivity index (χ0v) is 16.0. The molecule has 0 amide bonds. The SMILES string of the molecule is Cc1cc(N2CCC3(CCc4c3nc(C3CC3)[nH]c4=O)CC2)c2nncn2n1. The minimum atomic E-state index is 0.0514. The first-order valence-corrected chi connectivity index (χ1v) is 10.2. The van der Waals surface area contributed by atoms with Crippen LogP contribution in [-0.2, 0) is 11.8 Å². The van der Waals surface area contributed by atoms with Crippen LogP contribution >= 0.6 is 0 Å². The monoisotopic (exact) mass is 377 g/mol. The zero-order chi connectivity index (χ0) is 18.9. The van der Waals surface area contributed by atoms with Crippen molar-refractivity contribution in [3.8, 4) is 0 Å². The maximum atomic E-state index is 12.6. The van der Waals surface area contributed by atoms with Gasteiger partial charge in [-0.05, 0) is 51.5 Å². The Morgan fingerprint density at radius 1 is 1.21 bits per heavy atom. The number of hydrogen-bond donors (Lipinski definition) is 1. The lowest BCUT2D eigenvalue weighted by atomic mass is 9.76. The Balaban J connectivity index is 1.33. The predicted molar refractivity (Wildman–Crippen MR) is 104 cm³/mol. The summed E-state index contributed by atoms with van der Waals surface area (Å²) in [5.74, 6) is 1.39. The van der Waals surface area contributed by atoms with Crippen molar-refractivity contribution in [2.45, 2.75) is 56.8 Å². The fourth-order valence-electron chi connectivity index (χ4n) is 5.05. The second-order valence-corrected chi connectivity index (χ2v) is 8.59. The summed E-state index contributed by atoms with van der Waals surface area (Å²) < 4.78 is 1.75. The molecule has 0 radical (unpaired) electrons. The van der Waals surface area contributed by atoms with E-state index < -0.39 is 0 Å². The van der Waals surface area contributed by atoms with E-state index in [1.54, 1.807) is 10.8 Å². The van der Waals surface area contributed by atoms with Crippen LogP contribution in [0.3, 0.4) is 0 Å². The van der Waals surface area contributed by atoms with Gasteiger partial charge in [-0.15, -0.1) is 10.2 Å². The predicted octanol–water partition coefficient (Wildman–Crippen LogP) is 1.88. The molecule has 6 rings (SSSR count). The molecule has 3 aromatic heterocycles. The molecule has 144 valence electrons. The first-order chi connectivity index (χ1) is 13.6. The zero-order valence-electron chi connectivity index (χ0n) is 16.0. The van der Waals surface area contributed by atoms with Gasteiger partial charge in [0.2, 0.25) is 5.65 Å². The van der Waals surface area contributed by atoms with Gasteiger partial charge in [0.05, 0.1) is 17.1 Å². The summed E-state index contributed by atoms with van der Waals surface area (Å²) in [7, 11) is 0. The summed E-state index contributed by atoms with van der Waals surface area (Å²) >= 11 is 0. The van der Waals surface area contributed by atoms with Gasteiger partial charge >= 0.3 is 0 Å². The van der Waals surface area contributed by atoms with Crippen LogP contribution in [-0.4, -0.2) is 42.9 Å². The van der Waals surface area contributed by atoms with Gasteiger partial charge < -0.3 is 9.88 Å². The molecule has 4 heterocycles. The summed E-state index contributed by atoms with van der Waals surface area (Å²) in [5, 5.41) is 12.7. The summed E-state index contributed by atoms with van der Waals surface area (Å²) in [6.07, 6.45) is 7.88. The molecule has 3 aromatic rings. The second kappa shape index (κ2) is 5.62. The van der Waals surface area contributed by atoms with Crippen LogP contribution in [0.25, 0.3) is 5.65 Å². The molecule has 2 fully saturated rings. The Morgan fingerprint density at radius 3 is 2.82 bits per heavy atom. The molecule has 1 aliphatic heterocycles. The van der Waals surface area contributed by atoms with Gasteiger partial charge in [-0.25, -0.2) is 4.98 Å². The molecule has 2 aliphatic carbocycles. The Bertz CT molecular complexity index is 1140. The number of nitrogens with zero attached hydrogens (tertiary/aromatic N) is 6. The third-order valence-electron chi connectivity index (χ3n) is 6.79. The van der Waals surface area contributed by atoms with E-state index in [1.165, 1.54) is 0 Å². The third kappa shape index (κ3) is 2.33. The highest BCUT2D eigenvalue weighted by Crippen LogP contribution is 2.46. The quantitative estimate of drug-likeness (QED) is 0.733. The van der Waals surface area contributed by atoms with Gasteiger partial charge in [0.25, 0.3) is 5.56 Å². The molecule has 0 unspecified atom stereocenters. The molecular formula is C20H23N7O. The van der Waals surface area contributed by atoms with E-state index in [0.717, 1.165) is 85.7 Å². The van der Waals surface area contributed by atoms with Crippen molar-refractivity contribution >= 4 is 11.3 Å². The molecule has 1 spiro atoms. The van der Waals surface area contributed by atoms with E-state index in [9.17, 15) is 4.79 Å². The Hall–Kier alpha value is -2.77. The molecule has 28 heavy (non-hydrogen) atoms. The number of piperidine rings is 1. The average molecular weight is 377 g/mol. The topological polar surface area (TPSA) is 92.1 Å². The number of rotatable bonds is 2. The summed E-state index contributed by atoms with van der Waals surface area (Å²) in [6.45, 7) is 3.86. The highest BCUT2D eigenvalue weighted by atomic mass is 16.1. The van der Waals surface area contributed by atoms with E-state index >= 15 is 0 Å². The van der Waals surface area contributed by atoms with Crippen molar-refractivity contribution in [3.05, 3.63) is 45.5 Å². The van der Waals surface area contributed by atoms with Crippen molar-refractivity contribution in [3.63, 3.8) is 0 Å². The first-order valence-electron chi connectivity index (χ1n) is 10.2. The lowest BCUT2D eigenvalue weighted by Crippen LogP contribution is -2.42. The standard InChI is InChI=1S/C20H23N7O/c1-12-10-15(18-24-21-11-27(18)25-12)26-8-6-20(7-9-26)5-4-14-16(20)22-17(13-2-3-13)23-19(14)28/h10-11,13H,2-9H2,1H3,(H,22,23,28). The van der Waals surface area contributed by atoms with Crippen molar-refractivity contribution < 1.29 is 0 Å². The van der Waals surface area contributed by atoms with Crippen molar-refractivity contribution in [2.75, 3.05) is 18.0 Å². The van der Waals surface area contributed by atoms with E-state index in [0.29, 0.717) is 5.92 Å². The third-order valence-corrected chi connectivity index (χ3v) is 6.79. The number of anilines is 1. The second-order valence-electron chi connectivity index (χ2n) is 8.59. The van der Waals surface area contributed by atoms with Crippen LogP contribution in [0.5, 0.6) is 0 Å². The van der Waals surface area contributed by atoms with E-state index in [1.807, 2.05) is 6.92 Å². The molecule has 8 nitrogen and oxygen atoms in total. The summed E-state index contributed by atoms with van der Waals surface area (Å²) in [4.78, 5) is 23.0. The fourth-order valence-corrected chi connectivity index (χ4v) is 5.05. The van der Waals surface area contributed by atoms with Gasteiger partial charge in [-0.1, -0.05) is 0 Å². The maximum absolute atomic E-state index is 12.6. The average Bonchev–Trinajstić information content (AvgIpc) is 3.34. The lowest BCUT2D eigenvalue weighted by molar-refractivity contribution is 0.322. The number of hydrogen-bond acceptors (Lipinski definition) is 6. The van der Waals surface area contributed by atoms with Gasteiger partial charge in [0, 0.05) is 30.0 Å². The molecule has 1 saturated carbocycles.